The number of amides is 3. The molecule has 1 aromatic rings. The molecule has 0 radical (unpaired) electrons. The molecule has 0 bridgehead atoms. The van der Waals surface area contributed by atoms with Crippen molar-refractivity contribution in [3.8, 4) is 0 Å². The van der Waals surface area contributed by atoms with E-state index in [1.54, 1.807) is 6.92 Å². The lowest BCUT2D eigenvalue weighted by Gasteiger charge is -2.26. The Morgan fingerprint density at radius 2 is 1.50 bits per heavy atom. The summed E-state index contributed by atoms with van der Waals surface area (Å²) < 4.78 is 5.40. The van der Waals surface area contributed by atoms with E-state index in [4.69, 9.17) is 4.74 Å². The fourth-order valence-electron chi connectivity index (χ4n) is 3.19. The molecule has 4 N–H and O–H groups in total. The second-order valence-corrected chi connectivity index (χ2v) is 10.5. The minimum absolute atomic E-state index is 0.0528. The summed E-state index contributed by atoms with van der Waals surface area (Å²) in [6.45, 7) is 15.9. The molecule has 0 unspecified atom stereocenters. The van der Waals surface area contributed by atoms with Gasteiger partial charge in [0.1, 0.15) is 11.6 Å². The minimum Gasteiger partial charge on any atom is -0.444 e. The van der Waals surface area contributed by atoms with E-state index in [0.29, 0.717) is 25.4 Å². The summed E-state index contributed by atoms with van der Waals surface area (Å²) in [6.07, 6.45) is 0.0715. The zero-order valence-electron chi connectivity index (χ0n) is 22.0. The molecule has 3 atom stereocenters. The summed E-state index contributed by atoms with van der Waals surface area (Å²) in [5, 5.41) is 11.8. The molecule has 34 heavy (non-hydrogen) atoms. The van der Waals surface area contributed by atoms with Crippen LogP contribution in [-0.4, -0.2) is 54.7 Å². The van der Waals surface area contributed by atoms with Gasteiger partial charge in [0.2, 0.25) is 11.8 Å². The van der Waals surface area contributed by atoms with Crippen LogP contribution in [0.4, 0.5) is 4.79 Å². The molecular weight excluding hydrogens is 432 g/mol. The Morgan fingerprint density at radius 3 is 2.03 bits per heavy atom. The average Bonchev–Trinajstić information content (AvgIpc) is 2.72. The van der Waals surface area contributed by atoms with Crippen LogP contribution in [0, 0.1) is 11.8 Å². The Bertz CT molecular complexity index is 775. The van der Waals surface area contributed by atoms with Gasteiger partial charge in [-0.2, -0.15) is 0 Å². The molecule has 8 nitrogen and oxygen atoms in total. The van der Waals surface area contributed by atoms with Gasteiger partial charge in [0.25, 0.3) is 0 Å². The van der Waals surface area contributed by atoms with Gasteiger partial charge in [0.05, 0.1) is 6.04 Å². The summed E-state index contributed by atoms with van der Waals surface area (Å²) in [4.78, 5) is 37.7. The Morgan fingerprint density at radius 1 is 0.882 bits per heavy atom. The molecule has 0 saturated carbocycles. The van der Waals surface area contributed by atoms with Gasteiger partial charge in [0.15, 0.2) is 0 Å². The first-order valence-electron chi connectivity index (χ1n) is 12.1. The number of hydrogen-bond acceptors (Lipinski definition) is 5. The van der Waals surface area contributed by atoms with Crippen molar-refractivity contribution >= 4 is 17.9 Å². The van der Waals surface area contributed by atoms with Crippen LogP contribution in [0.15, 0.2) is 30.3 Å². The van der Waals surface area contributed by atoms with Crippen LogP contribution in [0.1, 0.15) is 61.0 Å². The van der Waals surface area contributed by atoms with Gasteiger partial charge < -0.3 is 26.0 Å². The highest BCUT2D eigenvalue weighted by Crippen LogP contribution is 2.09. The number of carbonyl (C=O) groups excluding carboxylic acids is 3. The largest absolute Gasteiger partial charge is 0.444 e. The molecule has 8 heteroatoms. The molecule has 0 aromatic heterocycles. The number of benzene rings is 1. The summed E-state index contributed by atoms with van der Waals surface area (Å²) in [6, 6.07) is 8.34. The Hall–Kier alpha value is -2.61. The molecular formula is C26H44N4O4. The third-order valence-electron chi connectivity index (χ3n) is 5.04. The van der Waals surface area contributed by atoms with Gasteiger partial charge in [-0.3, -0.25) is 9.59 Å². The lowest BCUT2D eigenvalue weighted by atomic mass is 10.0. The molecule has 0 heterocycles. The fourth-order valence-corrected chi connectivity index (χ4v) is 3.19. The summed E-state index contributed by atoms with van der Waals surface area (Å²) in [5.74, 6) is -0.179. The second-order valence-electron chi connectivity index (χ2n) is 10.5. The van der Waals surface area contributed by atoms with Crippen LogP contribution in [0.2, 0.25) is 0 Å². The average molecular weight is 477 g/mol. The van der Waals surface area contributed by atoms with Crippen LogP contribution >= 0.6 is 0 Å². The van der Waals surface area contributed by atoms with Crippen LogP contribution < -0.4 is 21.3 Å². The Kier molecular flexibility index (Phi) is 12.1. The zero-order chi connectivity index (χ0) is 25.9. The van der Waals surface area contributed by atoms with E-state index in [0.717, 1.165) is 5.56 Å². The number of alkyl carbamates (subject to hydrolysis) is 1. The number of rotatable bonds is 12. The van der Waals surface area contributed by atoms with Crippen LogP contribution in [0.5, 0.6) is 0 Å². The van der Waals surface area contributed by atoms with Crippen molar-refractivity contribution in [2.24, 2.45) is 11.8 Å². The molecule has 0 fully saturated rings. The Balaban J connectivity index is 2.75. The molecule has 0 aliphatic rings. The van der Waals surface area contributed by atoms with E-state index in [1.165, 1.54) is 0 Å². The number of ether oxygens (including phenoxy) is 1. The predicted molar refractivity (Wildman–Crippen MR) is 135 cm³/mol. The SMILES string of the molecule is CC(C)CNC(=O)[C@@H](NC(=O)[C@H](C)NC[C@H](Cc1ccccc1)NC(=O)OC(C)(C)C)C(C)C. The minimum atomic E-state index is -0.615. The second kappa shape index (κ2) is 13.9. The standard InChI is InChI=1S/C26H44N4O4/c1-17(2)15-28-24(32)22(18(3)4)30-23(31)19(5)27-16-21(14-20-12-10-9-11-13-20)29-25(33)34-26(6,7)8/h9-13,17-19,21-22,27H,14-16H2,1-8H3,(H,28,32)(H,29,33)(H,30,31)/t19-,21-,22-/m0/s1. The Labute approximate surface area is 205 Å². The van der Waals surface area contributed by atoms with Gasteiger partial charge >= 0.3 is 6.09 Å². The number of carbonyl (C=O) groups is 3. The number of hydrogen-bond donors (Lipinski definition) is 4. The molecule has 192 valence electrons. The maximum Gasteiger partial charge on any atom is 0.407 e. The third kappa shape index (κ3) is 12.0. The summed E-state index contributed by atoms with van der Waals surface area (Å²) >= 11 is 0. The maximum absolute atomic E-state index is 12.8. The first kappa shape index (κ1) is 29.4. The van der Waals surface area contributed by atoms with Crippen molar-refractivity contribution in [1.29, 1.82) is 0 Å². The number of nitrogens with one attached hydrogen (secondary N) is 4. The van der Waals surface area contributed by atoms with E-state index in [9.17, 15) is 14.4 Å². The van der Waals surface area contributed by atoms with E-state index < -0.39 is 23.8 Å². The van der Waals surface area contributed by atoms with Gasteiger partial charge in [-0.05, 0) is 51.5 Å². The van der Waals surface area contributed by atoms with E-state index in [1.807, 2.05) is 78.8 Å². The quantitative estimate of drug-likeness (QED) is 0.371. The summed E-state index contributed by atoms with van der Waals surface area (Å²) in [7, 11) is 0. The lowest BCUT2D eigenvalue weighted by molar-refractivity contribution is -0.131. The molecule has 0 aliphatic heterocycles. The molecule has 1 aromatic carbocycles. The van der Waals surface area contributed by atoms with E-state index in [-0.39, 0.29) is 23.8 Å². The smallest absolute Gasteiger partial charge is 0.407 e. The van der Waals surface area contributed by atoms with Crippen LogP contribution in [0.25, 0.3) is 0 Å². The lowest BCUT2D eigenvalue weighted by Crippen LogP contribution is -2.55. The third-order valence-corrected chi connectivity index (χ3v) is 5.04. The van der Waals surface area contributed by atoms with Crippen LogP contribution in [-0.2, 0) is 20.7 Å². The predicted octanol–water partition coefficient (Wildman–Crippen LogP) is 3.01. The van der Waals surface area contributed by atoms with Crippen molar-refractivity contribution in [1.82, 2.24) is 21.3 Å². The monoisotopic (exact) mass is 476 g/mol. The topological polar surface area (TPSA) is 109 Å². The molecule has 0 aliphatic carbocycles. The van der Waals surface area contributed by atoms with E-state index >= 15 is 0 Å². The molecule has 1 rings (SSSR count). The van der Waals surface area contributed by atoms with Gasteiger partial charge in [-0.15, -0.1) is 0 Å². The van der Waals surface area contributed by atoms with Crippen molar-refractivity contribution in [3.63, 3.8) is 0 Å². The first-order valence-corrected chi connectivity index (χ1v) is 12.1. The van der Waals surface area contributed by atoms with Crippen molar-refractivity contribution in [2.45, 2.75) is 85.5 Å². The van der Waals surface area contributed by atoms with Crippen molar-refractivity contribution in [3.05, 3.63) is 35.9 Å². The highest BCUT2D eigenvalue weighted by molar-refractivity contribution is 5.89. The van der Waals surface area contributed by atoms with Gasteiger partial charge in [-0.25, -0.2) is 4.79 Å². The maximum atomic E-state index is 12.8. The molecule has 0 saturated heterocycles. The highest BCUT2D eigenvalue weighted by atomic mass is 16.6. The zero-order valence-corrected chi connectivity index (χ0v) is 22.0. The highest BCUT2D eigenvalue weighted by Gasteiger charge is 2.27. The van der Waals surface area contributed by atoms with Gasteiger partial charge in [0, 0.05) is 19.1 Å². The van der Waals surface area contributed by atoms with Crippen molar-refractivity contribution in [2.75, 3.05) is 13.1 Å². The van der Waals surface area contributed by atoms with Crippen LogP contribution in [0.3, 0.4) is 0 Å². The molecule has 0 spiro atoms. The van der Waals surface area contributed by atoms with E-state index in [2.05, 4.69) is 21.3 Å². The normalized spacial score (nSPS) is 14.3. The summed E-state index contributed by atoms with van der Waals surface area (Å²) in [5.41, 5.74) is 0.452. The first-order chi connectivity index (χ1) is 15.8. The van der Waals surface area contributed by atoms with Gasteiger partial charge in [-0.1, -0.05) is 58.0 Å². The fraction of sp³-hybridized carbons (Fsp3) is 0.654. The van der Waals surface area contributed by atoms with Crippen molar-refractivity contribution < 1.29 is 19.1 Å². The molecule has 3 amide bonds.